The van der Waals surface area contributed by atoms with Crippen LogP contribution in [0, 0.1) is 5.92 Å². The van der Waals surface area contributed by atoms with Crippen molar-refractivity contribution in [1.82, 2.24) is 4.90 Å². The molecule has 1 saturated heterocycles. The Labute approximate surface area is 113 Å². The summed E-state index contributed by atoms with van der Waals surface area (Å²) in [6.45, 7) is 2.82. The molecule has 0 aromatic carbocycles. The molecule has 0 radical (unpaired) electrons. The van der Waals surface area contributed by atoms with Crippen LogP contribution in [0.3, 0.4) is 0 Å². The summed E-state index contributed by atoms with van der Waals surface area (Å²) in [5.41, 5.74) is 0. The van der Waals surface area contributed by atoms with E-state index in [4.69, 9.17) is 9.84 Å². The van der Waals surface area contributed by atoms with Gasteiger partial charge < -0.3 is 14.7 Å². The Bertz CT molecular complexity index is 338. The van der Waals surface area contributed by atoms with Crippen LogP contribution in [-0.4, -0.2) is 47.2 Å². The molecule has 1 aliphatic heterocycles. The zero-order chi connectivity index (χ0) is 13.8. The van der Waals surface area contributed by atoms with E-state index in [2.05, 4.69) is 0 Å². The minimum absolute atomic E-state index is 0.0295. The van der Waals surface area contributed by atoms with E-state index in [1.165, 1.54) is 12.8 Å². The van der Waals surface area contributed by atoms with Crippen LogP contribution in [-0.2, 0) is 14.3 Å². The maximum absolute atomic E-state index is 12.3. The second-order valence-electron chi connectivity index (χ2n) is 5.55. The van der Waals surface area contributed by atoms with Gasteiger partial charge in [0.2, 0.25) is 0 Å². The van der Waals surface area contributed by atoms with Gasteiger partial charge in [0.25, 0.3) is 5.91 Å². The summed E-state index contributed by atoms with van der Waals surface area (Å²) in [5, 5.41) is 8.97. The third-order valence-corrected chi connectivity index (χ3v) is 4.15. The number of carbonyl (C=O) groups excluding carboxylic acids is 1. The molecule has 5 nitrogen and oxygen atoms in total. The molecule has 5 heteroatoms. The predicted octanol–water partition coefficient (Wildman–Crippen LogP) is 1.66. The Balaban J connectivity index is 1.87. The number of rotatable bonds is 5. The zero-order valence-electron chi connectivity index (χ0n) is 11.5. The first-order valence-electron chi connectivity index (χ1n) is 7.29. The standard InChI is InChI=1S/C14H23NO4/c1-2-12(19-11-5-3-4-6-11)13(16)15-8-7-10(9-15)14(17)18/h10-12H,2-9H2,1H3,(H,17,18)/t10-,12+/m0/s1. The van der Waals surface area contributed by atoms with Crippen LogP contribution in [0.25, 0.3) is 0 Å². The smallest absolute Gasteiger partial charge is 0.308 e. The van der Waals surface area contributed by atoms with E-state index in [1.807, 2.05) is 6.92 Å². The molecule has 1 amide bonds. The molecule has 1 heterocycles. The molecule has 2 rings (SSSR count). The average molecular weight is 269 g/mol. The first-order valence-corrected chi connectivity index (χ1v) is 7.29. The van der Waals surface area contributed by atoms with Crippen molar-refractivity contribution in [3.05, 3.63) is 0 Å². The predicted molar refractivity (Wildman–Crippen MR) is 69.7 cm³/mol. The Morgan fingerprint density at radius 3 is 2.53 bits per heavy atom. The third kappa shape index (κ3) is 3.47. The SMILES string of the molecule is CC[C@@H](OC1CCCC1)C(=O)N1CC[C@H](C(=O)O)C1. The van der Waals surface area contributed by atoms with Crippen LogP contribution in [0.15, 0.2) is 0 Å². The molecule has 0 aromatic heterocycles. The van der Waals surface area contributed by atoms with E-state index < -0.39 is 18.0 Å². The molecule has 2 fully saturated rings. The van der Waals surface area contributed by atoms with Gasteiger partial charge in [-0.3, -0.25) is 9.59 Å². The number of aliphatic carboxylic acids is 1. The molecular formula is C14H23NO4. The van der Waals surface area contributed by atoms with Gasteiger partial charge >= 0.3 is 5.97 Å². The number of carboxylic acid groups (broad SMARTS) is 1. The van der Waals surface area contributed by atoms with Gasteiger partial charge in [-0.25, -0.2) is 0 Å². The molecule has 0 unspecified atom stereocenters. The first-order chi connectivity index (χ1) is 9.11. The van der Waals surface area contributed by atoms with Gasteiger partial charge in [0, 0.05) is 13.1 Å². The van der Waals surface area contributed by atoms with Crippen LogP contribution in [0.1, 0.15) is 45.4 Å². The number of hydrogen-bond acceptors (Lipinski definition) is 3. The van der Waals surface area contributed by atoms with Crippen molar-refractivity contribution in [2.45, 2.75) is 57.7 Å². The van der Waals surface area contributed by atoms with Gasteiger partial charge in [0.1, 0.15) is 6.10 Å². The molecule has 19 heavy (non-hydrogen) atoms. The Morgan fingerprint density at radius 2 is 2.00 bits per heavy atom. The van der Waals surface area contributed by atoms with Crippen molar-refractivity contribution in [2.24, 2.45) is 5.92 Å². The minimum atomic E-state index is -0.806. The van der Waals surface area contributed by atoms with Crippen LogP contribution >= 0.6 is 0 Å². The molecule has 0 aromatic rings. The van der Waals surface area contributed by atoms with Crippen molar-refractivity contribution < 1.29 is 19.4 Å². The van der Waals surface area contributed by atoms with Crippen molar-refractivity contribution in [2.75, 3.05) is 13.1 Å². The summed E-state index contributed by atoms with van der Waals surface area (Å²) in [6.07, 6.45) is 5.48. The number of hydrogen-bond donors (Lipinski definition) is 1. The van der Waals surface area contributed by atoms with Gasteiger partial charge in [0.05, 0.1) is 12.0 Å². The number of nitrogens with zero attached hydrogens (tertiary/aromatic N) is 1. The van der Waals surface area contributed by atoms with E-state index in [0.717, 1.165) is 12.8 Å². The van der Waals surface area contributed by atoms with Crippen molar-refractivity contribution in [3.8, 4) is 0 Å². The van der Waals surface area contributed by atoms with Gasteiger partial charge in [-0.15, -0.1) is 0 Å². The fourth-order valence-corrected chi connectivity index (χ4v) is 2.95. The molecule has 1 saturated carbocycles. The summed E-state index contributed by atoms with van der Waals surface area (Å²) in [6, 6.07) is 0. The lowest BCUT2D eigenvalue weighted by atomic mass is 10.1. The maximum atomic E-state index is 12.3. The third-order valence-electron chi connectivity index (χ3n) is 4.15. The molecule has 108 valence electrons. The van der Waals surface area contributed by atoms with Crippen LogP contribution in [0.4, 0.5) is 0 Å². The highest BCUT2D eigenvalue weighted by Gasteiger charge is 2.34. The fourth-order valence-electron chi connectivity index (χ4n) is 2.95. The van der Waals surface area contributed by atoms with Gasteiger partial charge in [-0.1, -0.05) is 19.8 Å². The van der Waals surface area contributed by atoms with Gasteiger partial charge in [-0.2, -0.15) is 0 Å². The summed E-state index contributed by atoms with van der Waals surface area (Å²) in [4.78, 5) is 24.9. The van der Waals surface area contributed by atoms with Crippen molar-refractivity contribution in [3.63, 3.8) is 0 Å². The molecule has 2 atom stereocenters. The topological polar surface area (TPSA) is 66.8 Å². The van der Waals surface area contributed by atoms with Gasteiger partial charge in [0.15, 0.2) is 0 Å². The normalized spacial score (nSPS) is 25.7. The Kier molecular flexibility index (Phi) is 4.80. The monoisotopic (exact) mass is 269 g/mol. The van der Waals surface area contributed by atoms with Crippen LogP contribution in [0.2, 0.25) is 0 Å². The Hall–Kier alpha value is -1.10. The van der Waals surface area contributed by atoms with Crippen LogP contribution < -0.4 is 0 Å². The quantitative estimate of drug-likeness (QED) is 0.824. The number of carbonyl (C=O) groups is 2. The lowest BCUT2D eigenvalue weighted by Crippen LogP contribution is -2.40. The van der Waals surface area contributed by atoms with Crippen molar-refractivity contribution in [1.29, 1.82) is 0 Å². The van der Waals surface area contributed by atoms with E-state index in [9.17, 15) is 9.59 Å². The fraction of sp³-hybridized carbons (Fsp3) is 0.857. The summed E-state index contributed by atoms with van der Waals surface area (Å²) >= 11 is 0. The lowest BCUT2D eigenvalue weighted by Gasteiger charge is -2.25. The number of amides is 1. The zero-order valence-corrected chi connectivity index (χ0v) is 11.5. The van der Waals surface area contributed by atoms with E-state index >= 15 is 0 Å². The van der Waals surface area contributed by atoms with E-state index in [-0.39, 0.29) is 12.0 Å². The van der Waals surface area contributed by atoms with Gasteiger partial charge in [-0.05, 0) is 25.7 Å². The van der Waals surface area contributed by atoms with E-state index in [0.29, 0.717) is 25.9 Å². The largest absolute Gasteiger partial charge is 0.481 e. The molecule has 1 N–H and O–H groups in total. The van der Waals surface area contributed by atoms with Crippen molar-refractivity contribution >= 4 is 11.9 Å². The second kappa shape index (κ2) is 6.37. The number of carboxylic acids is 1. The Morgan fingerprint density at radius 1 is 1.32 bits per heavy atom. The molecule has 2 aliphatic rings. The highest BCUT2D eigenvalue weighted by Crippen LogP contribution is 2.25. The van der Waals surface area contributed by atoms with E-state index in [1.54, 1.807) is 4.90 Å². The lowest BCUT2D eigenvalue weighted by molar-refractivity contribution is -0.147. The first kappa shape index (κ1) is 14.3. The minimum Gasteiger partial charge on any atom is -0.481 e. The summed E-state index contributed by atoms with van der Waals surface area (Å²) in [5.74, 6) is -1.24. The van der Waals surface area contributed by atoms with Crippen LogP contribution in [0.5, 0.6) is 0 Å². The summed E-state index contributed by atoms with van der Waals surface area (Å²) in [7, 11) is 0. The number of ether oxygens (including phenoxy) is 1. The molecule has 0 bridgehead atoms. The maximum Gasteiger partial charge on any atom is 0.308 e. The molecule has 0 spiro atoms. The second-order valence-corrected chi connectivity index (χ2v) is 5.55. The highest BCUT2D eigenvalue weighted by atomic mass is 16.5. The highest BCUT2D eigenvalue weighted by molar-refractivity contribution is 5.82. The number of likely N-dealkylation sites (tertiary alicyclic amines) is 1. The summed E-state index contributed by atoms with van der Waals surface area (Å²) < 4.78 is 5.89. The molecular weight excluding hydrogens is 246 g/mol. The average Bonchev–Trinajstić information content (AvgIpc) is 3.06. The molecule has 1 aliphatic carbocycles.